The molecule has 0 aromatic heterocycles. The maximum atomic E-state index is 12.5. The zero-order chi connectivity index (χ0) is 17.9. The Morgan fingerprint density at radius 1 is 0.960 bits per heavy atom. The average Bonchev–Trinajstić information content (AvgIpc) is 2.62. The Kier molecular flexibility index (Phi) is 5.45. The first kappa shape index (κ1) is 18.0. The lowest BCUT2D eigenvalue weighted by atomic mass is 10.1. The number of halogens is 1. The highest BCUT2D eigenvalue weighted by Crippen LogP contribution is 2.24. The SMILES string of the molecule is O=C(c1ccc(CS(=O)(=O)c2ccccc2Cl)cc1)N1CCCCC1. The second-order valence-electron chi connectivity index (χ2n) is 6.24. The number of rotatable bonds is 4. The Labute approximate surface area is 153 Å². The minimum Gasteiger partial charge on any atom is -0.339 e. The van der Waals surface area contributed by atoms with Crippen molar-refractivity contribution in [3.63, 3.8) is 0 Å². The van der Waals surface area contributed by atoms with Gasteiger partial charge in [-0.25, -0.2) is 8.42 Å². The van der Waals surface area contributed by atoms with E-state index in [0.717, 1.165) is 25.9 Å². The second-order valence-corrected chi connectivity index (χ2v) is 8.60. The van der Waals surface area contributed by atoms with Gasteiger partial charge in [0.25, 0.3) is 5.91 Å². The van der Waals surface area contributed by atoms with Gasteiger partial charge in [-0.2, -0.15) is 0 Å². The van der Waals surface area contributed by atoms with Gasteiger partial charge in [0.05, 0.1) is 15.7 Å². The van der Waals surface area contributed by atoms with Crippen molar-refractivity contribution in [2.24, 2.45) is 0 Å². The van der Waals surface area contributed by atoms with Gasteiger partial charge in [-0.05, 0) is 49.1 Å². The molecule has 25 heavy (non-hydrogen) atoms. The summed E-state index contributed by atoms with van der Waals surface area (Å²) in [6, 6.07) is 13.2. The van der Waals surface area contributed by atoms with Crippen molar-refractivity contribution in [2.45, 2.75) is 29.9 Å². The lowest BCUT2D eigenvalue weighted by Crippen LogP contribution is -2.35. The molecule has 0 spiro atoms. The number of hydrogen-bond acceptors (Lipinski definition) is 3. The predicted octanol–water partition coefficient (Wildman–Crippen LogP) is 3.94. The number of carbonyl (C=O) groups is 1. The van der Waals surface area contributed by atoms with E-state index in [2.05, 4.69) is 0 Å². The zero-order valence-corrected chi connectivity index (χ0v) is 15.4. The molecule has 6 heteroatoms. The molecule has 0 unspecified atom stereocenters. The van der Waals surface area contributed by atoms with Gasteiger partial charge < -0.3 is 4.90 Å². The van der Waals surface area contributed by atoms with Gasteiger partial charge in [-0.15, -0.1) is 0 Å². The minimum atomic E-state index is -3.52. The maximum Gasteiger partial charge on any atom is 0.253 e. The van der Waals surface area contributed by atoms with E-state index in [9.17, 15) is 13.2 Å². The molecule has 3 rings (SSSR count). The van der Waals surface area contributed by atoms with Crippen LogP contribution in [0.2, 0.25) is 5.02 Å². The number of carbonyl (C=O) groups excluding carboxylic acids is 1. The van der Waals surface area contributed by atoms with Gasteiger partial charge in [-0.1, -0.05) is 35.9 Å². The van der Waals surface area contributed by atoms with Crippen LogP contribution in [0.15, 0.2) is 53.4 Å². The first-order valence-corrected chi connectivity index (χ1v) is 10.4. The van der Waals surface area contributed by atoms with Gasteiger partial charge in [0.2, 0.25) is 0 Å². The van der Waals surface area contributed by atoms with E-state index in [0.29, 0.717) is 11.1 Å². The van der Waals surface area contributed by atoms with Gasteiger partial charge in [0.1, 0.15) is 0 Å². The summed E-state index contributed by atoms with van der Waals surface area (Å²) < 4.78 is 25.1. The molecule has 4 nitrogen and oxygen atoms in total. The number of hydrogen-bond donors (Lipinski definition) is 0. The van der Waals surface area contributed by atoms with E-state index in [4.69, 9.17) is 11.6 Å². The fourth-order valence-electron chi connectivity index (χ4n) is 3.02. The third-order valence-corrected chi connectivity index (χ3v) is 6.55. The number of piperidine rings is 1. The number of amides is 1. The van der Waals surface area contributed by atoms with Crippen molar-refractivity contribution in [2.75, 3.05) is 13.1 Å². The maximum absolute atomic E-state index is 12.5. The standard InChI is InChI=1S/C19H20ClNO3S/c20-17-6-2-3-7-18(17)25(23,24)14-15-8-10-16(11-9-15)19(22)21-12-4-1-5-13-21/h2-3,6-11H,1,4-5,12-14H2. The largest absolute Gasteiger partial charge is 0.339 e. The van der Waals surface area contributed by atoms with E-state index < -0.39 is 9.84 Å². The fourth-order valence-corrected chi connectivity index (χ4v) is 4.94. The Bertz CT molecular complexity index is 856. The highest BCUT2D eigenvalue weighted by atomic mass is 35.5. The first-order chi connectivity index (χ1) is 12.0. The van der Waals surface area contributed by atoms with E-state index in [1.54, 1.807) is 42.5 Å². The summed E-state index contributed by atoms with van der Waals surface area (Å²) in [5, 5.41) is 0.222. The van der Waals surface area contributed by atoms with Crippen LogP contribution in [0.3, 0.4) is 0 Å². The van der Waals surface area contributed by atoms with E-state index in [1.165, 1.54) is 12.5 Å². The van der Waals surface area contributed by atoms with Crippen LogP contribution < -0.4 is 0 Å². The molecule has 0 aliphatic carbocycles. The summed E-state index contributed by atoms with van der Waals surface area (Å²) in [5.74, 6) is -0.130. The molecule has 132 valence electrons. The molecular formula is C19H20ClNO3S. The topological polar surface area (TPSA) is 54.5 Å². The van der Waals surface area contributed by atoms with Crippen molar-refractivity contribution in [1.29, 1.82) is 0 Å². The molecule has 0 radical (unpaired) electrons. The van der Waals surface area contributed by atoms with Crippen LogP contribution in [0.4, 0.5) is 0 Å². The monoisotopic (exact) mass is 377 g/mol. The Balaban J connectivity index is 1.74. The molecular weight excluding hydrogens is 358 g/mol. The summed E-state index contributed by atoms with van der Waals surface area (Å²) in [7, 11) is -3.52. The molecule has 0 bridgehead atoms. The van der Waals surface area contributed by atoms with Gasteiger partial charge in [0, 0.05) is 18.7 Å². The summed E-state index contributed by atoms with van der Waals surface area (Å²) >= 11 is 6.00. The minimum absolute atomic E-state index is 0.0141. The third kappa shape index (κ3) is 4.22. The fraction of sp³-hybridized carbons (Fsp3) is 0.316. The quantitative estimate of drug-likeness (QED) is 0.810. The molecule has 1 aliphatic rings. The molecule has 1 aliphatic heterocycles. The molecule has 1 fully saturated rings. The van der Waals surface area contributed by atoms with Crippen LogP contribution in [0.25, 0.3) is 0 Å². The summed E-state index contributed by atoms with van der Waals surface area (Å²) in [6.07, 6.45) is 3.25. The summed E-state index contributed by atoms with van der Waals surface area (Å²) in [4.78, 5) is 14.4. The predicted molar refractivity (Wildman–Crippen MR) is 98.5 cm³/mol. The molecule has 1 saturated heterocycles. The van der Waals surface area contributed by atoms with Gasteiger partial charge in [-0.3, -0.25) is 4.79 Å². The lowest BCUT2D eigenvalue weighted by molar-refractivity contribution is 0.0724. The molecule has 2 aromatic rings. The van der Waals surface area contributed by atoms with Crippen molar-refractivity contribution in [1.82, 2.24) is 4.90 Å². The van der Waals surface area contributed by atoms with Gasteiger partial charge in [0.15, 0.2) is 9.84 Å². The van der Waals surface area contributed by atoms with Crippen molar-refractivity contribution in [3.8, 4) is 0 Å². The van der Waals surface area contributed by atoms with Crippen LogP contribution in [0, 0.1) is 0 Å². The first-order valence-electron chi connectivity index (χ1n) is 8.33. The molecule has 0 saturated carbocycles. The highest BCUT2D eigenvalue weighted by Gasteiger charge is 2.20. The van der Waals surface area contributed by atoms with Gasteiger partial charge >= 0.3 is 0 Å². The van der Waals surface area contributed by atoms with E-state index >= 15 is 0 Å². The average molecular weight is 378 g/mol. The van der Waals surface area contributed by atoms with Crippen molar-refractivity contribution >= 4 is 27.3 Å². The van der Waals surface area contributed by atoms with Crippen LogP contribution in [0.5, 0.6) is 0 Å². The summed E-state index contributed by atoms with van der Waals surface area (Å²) in [5.41, 5.74) is 1.23. The summed E-state index contributed by atoms with van der Waals surface area (Å²) in [6.45, 7) is 1.59. The number of benzene rings is 2. The van der Waals surface area contributed by atoms with Crippen LogP contribution in [-0.4, -0.2) is 32.3 Å². The number of likely N-dealkylation sites (tertiary alicyclic amines) is 1. The molecule has 1 amide bonds. The molecule has 0 atom stereocenters. The van der Waals surface area contributed by atoms with Crippen LogP contribution >= 0.6 is 11.6 Å². The van der Waals surface area contributed by atoms with Crippen LogP contribution in [0.1, 0.15) is 35.2 Å². The van der Waals surface area contributed by atoms with Crippen molar-refractivity contribution < 1.29 is 13.2 Å². The smallest absolute Gasteiger partial charge is 0.253 e. The Morgan fingerprint density at radius 3 is 2.24 bits per heavy atom. The zero-order valence-electron chi connectivity index (χ0n) is 13.8. The number of nitrogens with zero attached hydrogens (tertiary/aromatic N) is 1. The van der Waals surface area contributed by atoms with Crippen LogP contribution in [-0.2, 0) is 15.6 Å². The third-order valence-electron chi connectivity index (χ3n) is 4.37. The van der Waals surface area contributed by atoms with Crippen molar-refractivity contribution in [3.05, 3.63) is 64.7 Å². The highest BCUT2D eigenvalue weighted by molar-refractivity contribution is 7.90. The molecule has 1 heterocycles. The Morgan fingerprint density at radius 2 is 1.60 bits per heavy atom. The molecule has 0 N–H and O–H groups in total. The van der Waals surface area contributed by atoms with E-state index in [-0.39, 0.29) is 21.6 Å². The number of sulfone groups is 1. The normalized spacial score (nSPS) is 15.2. The molecule has 2 aromatic carbocycles. The lowest BCUT2D eigenvalue weighted by Gasteiger charge is -2.26. The second kappa shape index (κ2) is 7.58. The Hall–Kier alpha value is -1.85. The van der Waals surface area contributed by atoms with E-state index in [1.807, 2.05) is 4.90 Å².